The van der Waals surface area contributed by atoms with E-state index in [0.717, 1.165) is 71.1 Å². The molecular formula is C60H108O10. The lowest BCUT2D eigenvalue weighted by molar-refractivity contribution is -0.410. The highest BCUT2D eigenvalue weighted by Crippen LogP contribution is 2.48. The largest absolute Gasteiger partial charge is 0.484 e. The minimum Gasteiger partial charge on any atom is -0.484 e. The molecule has 0 heterocycles. The van der Waals surface area contributed by atoms with Gasteiger partial charge in [0.25, 0.3) is 0 Å². The number of aryl methyl sites for hydroxylation is 2. The van der Waals surface area contributed by atoms with E-state index in [1.54, 1.807) is 0 Å². The summed E-state index contributed by atoms with van der Waals surface area (Å²) in [4.78, 5) is 10.7. The van der Waals surface area contributed by atoms with Gasteiger partial charge in [0.1, 0.15) is 11.9 Å². The average molecular weight is 990 g/mol. The second-order valence-corrected chi connectivity index (χ2v) is 25.6. The number of rotatable bonds is 30. The minimum absolute atomic E-state index is 0.0352. The zero-order valence-corrected chi connectivity index (χ0v) is 48.1. The van der Waals surface area contributed by atoms with Crippen LogP contribution in [0.3, 0.4) is 0 Å². The molecule has 2 rings (SSSR count). The Kier molecular flexibility index (Phi) is 28.5. The lowest BCUT2D eigenvalue weighted by atomic mass is 9.71. The summed E-state index contributed by atoms with van der Waals surface area (Å²) < 4.78 is 12.8. The first-order chi connectivity index (χ1) is 32.4. The molecule has 2 aromatic carbocycles. The molecule has 0 radical (unpaired) electrons. The van der Waals surface area contributed by atoms with Gasteiger partial charge < -0.3 is 40.1 Å². The van der Waals surface area contributed by atoms with Gasteiger partial charge in [0.2, 0.25) is 6.29 Å². The van der Waals surface area contributed by atoms with Crippen molar-refractivity contribution in [2.45, 2.75) is 236 Å². The first-order valence-corrected chi connectivity index (χ1v) is 27.0. The fraction of sp³-hybridized carbons (Fsp3) is 0.800. The normalized spacial score (nSPS) is 14.0. The fourth-order valence-corrected chi connectivity index (χ4v) is 8.54. The molecule has 70 heavy (non-hydrogen) atoms. The summed E-state index contributed by atoms with van der Waals surface area (Å²) in [7, 11) is 0. The first kappa shape index (κ1) is 65.9. The molecule has 10 nitrogen and oxygen atoms in total. The molecule has 6 N–H and O–H groups in total. The van der Waals surface area contributed by atoms with Crippen LogP contribution in [0.1, 0.15) is 233 Å². The molecule has 0 aliphatic heterocycles. The molecule has 0 saturated carbocycles. The molecule has 408 valence electrons. The van der Waals surface area contributed by atoms with Crippen LogP contribution in [0, 0.1) is 36.5 Å². The molecule has 0 spiro atoms. The number of unbranched alkanes of at least 4 members (excludes halogenated alkanes) is 8. The van der Waals surface area contributed by atoms with Crippen LogP contribution < -0.4 is 4.74 Å². The predicted molar refractivity (Wildman–Crippen MR) is 290 cm³/mol. The standard InChI is InChI=1S/C35H56O4.C25H52O6/c1-22-15-24(31(3,4)5)17-26(33(9,10)11)28(22)30(35(19-36,20-37)21-38)39-29-23(2)16-25(32(6,7)8)18-27(29)34(12,13)14;1-22(2)15-11-7-5-9-13-17-29-24(25(19-26,20-27)21-28)31-30-18-14-10-6-8-12-16-23(3)4/h15-18,30,36-38H,19-21H2,1-14H3;22-24,26-28H,5-21H2,1-4H3. The highest BCUT2D eigenvalue weighted by Gasteiger charge is 2.45. The number of aliphatic hydroxyl groups excluding tert-OH is 6. The van der Waals surface area contributed by atoms with Gasteiger partial charge in [0.15, 0.2) is 0 Å². The van der Waals surface area contributed by atoms with E-state index >= 15 is 0 Å². The van der Waals surface area contributed by atoms with Crippen molar-refractivity contribution < 1.29 is 49.9 Å². The highest BCUT2D eigenvalue weighted by molar-refractivity contribution is 5.51. The van der Waals surface area contributed by atoms with Crippen molar-refractivity contribution in [2.24, 2.45) is 22.7 Å². The van der Waals surface area contributed by atoms with Crippen LogP contribution in [0.25, 0.3) is 0 Å². The average Bonchev–Trinajstić information content (AvgIpc) is 3.26. The third-order valence-corrected chi connectivity index (χ3v) is 13.8. The molecule has 0 aromatic heterocycles. The molecule has 0 saturated heterocycles. The monoisotopic (exact) mass is 989 g/mol. The van der Waals surface area contributed by atoms with E-state index in [2.05, 4.69) is 149 Å². The summed E-state index contributed by atoms with van der Waals surface area (Å²) in [6.45, 7) is 37.7. The van der Waals surface area contributed by atoms with Crippen molar-refractivity contribution in [1.82, 2.24) is 0 Å². The third-order valence-electron chi connectivity index (χ3n) is 13.8. The van der Waals surface area contributed by atoms with Gasteiger partial charge in [0, 0.05) is 12.2 Å². The molecule has 0 amide bonds. The predicted octanol–water partition coefficient (Wildman–Crippen LogP) is 12.8. The number of hydrogen-bond donors (Lipinski definition) is 6. The van der Waals surface area contributed by atoms with Crippen molar-refractivity contribution in [3.63, 3.8) is 0 Å². The Bertz CT molecular complexity index is 1720. The zero-order valence-electron chi connectivity index (χ0n) is 48.1. The SMILES string of the molecule is CC(C)CCCCCCCOOC(OCCCCCCCC(C)C)C(CO)(CO)CO.Cc1cc(C(C)(C)C)cc(C(C)(C)C)c1OC(c1c(C)cc(C(C)(C)C)cc1C(C)(C)C)C(CO)(CO)CO. The Morgan fingerprint density at radius 1 is 0.443 bits per heavy atom. The summed E-state index contributed by atoms with van der Waals surface area (Å²) in [5.41, 5.74) is 4.44. The number of hydrogen-bond acceptors (Lipinski definition) is 10. The first-order valence-electron chi connectivity index (χ1n) is 27.0. The van der Waals surface area contributed by atoms with Gasteiger partial charge >= 0.3 is 0 Å². The van der Waals surface area contributed by atoms with Gasteiger partial charge in [-0.05, 0) is 93.6 Å². The van der Waals surface area contributed by atoms with E-state index < -0.39 is 62.9 Å². The lowest BCUT2D eigenvalue weighted by Gasteiger charge is -2.42. The number of aliphatic hydroxyl groups is 6. The highest BCUT2D eigenvalue weighted by atomic mass is 17.2. The molecule has 0 bridgehead atoms. The van der Waals surface area contributed by atoms with Gasteiger partial charge in [-0.25, -0.2) is 9.78 Å². The molecule has 10 heteroatoms. The van der Waals surface area contributed by atoms with E-state index in [1.807, 2.05) is 0 Å². The summed E-state index contributed by atoms with van der Waals surface area (Å²) in [6.07, 6.45) is 12.0. The van der Waals surface area contributed by atoms with E-state index in [4.69, 9.17) is 19.2 Å². The molecule has 0 aliphatic carbocycles. The van der Waals surface area contributed by atoms with Crippen LogP contribution in [-0.2, 0) is 36.2 Å². The maximum atomic E-state index is 10.7. The Hall–Kier alpha value is -2.12. The second kappa shape index (κ2) is 30.3. The van der Waals surface area contributed by atoms with Crippen LogP contribution in [0.4, 0.5) is 0 Å². The maximum absolute atomic E-state index is 10.7. The lowest BCUT2D eigenvalue weighted by Crippen LogP contribution is -2.48. The Labute approximate surface area is 428 Å². The maximum Gasteiger partial charge on any atom is 0.203 e. The van der Waals surface area contributed by atoms with Crippen LogP contribution in [-0.4, -0.2) is 89.8 Å². The zero-order chi connectivity index (χ0) is 53.7. The van der Waals surface area contributed by atoms with Gasteiger partial charge in [-0.15, -0.1) is 0 Å². The topological polar surface area (TPSA) is 158 Å². The van der Waals surface area contributed by atoms with Crippen molar-refractivity contribution in [1.29, 1.82) is 0 Å². The van der Waals surface area contributed by atoms with Crippen molar-refractivity contribution in [3.8, 4) is 5.75 Å². The third kappa shape index (κ3) is 21.0. The summed E-state index contributed by atoms with van der Waals surface area (Å²) in [5.74, 6) is 2.28. The second-order valence-electron chi connectivity index (χ2n) is 25.6. The molecule has 2 aromatic rings. The van der Waals surface area contributed by atoms with Gasteiger partial charge in [0.05, 0.1) is 57.1 Å². The van der Waals surface area contributed by atoms with E-state index in [0.29, 0.717) is 13.2 Å². The smallest absolute Gasteiger partial charge is 0.203 e. The van der Waals surface area contributed by atoms with E-state index in [1.165, 1.54) is 62.5 Å². The summed E-state index contributed by atoms with van der Waals surface area (Å²) >= 11 is 0. The Morgan fingerprint density at radius 3 is 1.23 bits per heavy atom. The quantitative estimate of drug-likeness (QED) is 0.0193. The molecule has 2 unspecified atom stereocenters. The Balaban J connectivity index is 0.000000721. The van der Waals surface area contributed by atoms with Gasteiger partial charge in [-0.1, -0.05) is 199 Å². The van der Waals surface area contributed by atoms with Crippen LogP contribution in [0.2, 0.25) is 0 Å². The van der Waals surface area contributed by atoms with Crippen LogP contribution in [0.5, 0.6) is 5.75 Å². The summed E-state index contributed by atoms with van der Waals surface area (Å²) in [5, 5.41) is 61.3. The van der Waals surface area contributed by atoms with Crippen LogP contribution in [0.15, 0.2) is 24.3 Å². The minimum atomic E-state index is -1.29. The number of ether oxygens (including phenoxy) is 2. The van der Waals surface area contributed by atoms with E-state index in [9.17, 15) is 30.6 Å². The molecule has 0 fully saturated rings. The van der Waals surface area contributed by atoms with Crippen LogP contribution >= 0.6 is 0 Å². The van der Waals surface area contributed by atoms with Gasteiger partial charge in [-0.2, -0.15) is 0 Å². The molecular weight excluding hydrogens is 881 g/mol. The van der Waals surface area contributed by atoms with Gasteiger partial charge in [-0.3, -0.25) is 0 Å². The summed E-state index contributed by atoms with van der Waals surface area (Å²) in [6, 6.07) is 8.85. The molecule has 2 atom stereocenters. The Morgan fingerprint density at radius 2 is 0.829 bits per heavy atom. The van der Waals surface area contributed by atoms with Crippen molar-refractivity contribution >= 4 is 0 Å². The fourth-order valence-electron chi connectivity index (χ4n) is 8.54. The van der Waals surface area contributed by atoms with Crippen molar-refractivity contribution in [3.05, 3.63) is 63.2 Å². The molecule has 0 aliphatic rings. The van der Waals surface area contributed by atoms with E-state index in [-0.39, 0.29) is 21.7 Å². The number of benzene rings is 2. The van der Waals surface area contributed by atoms with Crippen molar-refractivity contribution in [2.75, 3.05) is 52.9 Å².